The van der Waals surface area contributed by atoms with Crippen molar-refractivity contribution in [3.05, 3.63) is 77.2 Å². The largest absolute Gasteiger partial charge is 0.334 e. The smallest absolute Gasteiger partial charge is 0.193 e. The van der Waals surface area contributed by atoms with E-state index in [4.69, 9.17) is 0 Å². The minimum absolute atomic E-state index is 0.407. The van der Waals surface area contributed by atoms with E-state index in [1.165, 1.54) is 0 Å². The van der Waals surface area contributed by atoms with E-state index in [1.54, 1.807) is 0 Å². The van der Waals surface area contributed by atoms with Crippen molar-refractivity contribution < 1.29 is 0 Å². The van der Waals surface area contributed by atoms with Crippen LogP contribution in [0.3, 0.4) is 0 Å². The van der Waals surface area contributed by atoms with Crippen LogP contribution in [0.4, 0.5) is 5.69 Å². The Hall–Kier alpha value is -3.67. The third-order valence-electron chi connectivity index (χ3n) is 4.76. The second kappa shape index (κ2) is 5.95. The van der Waals surface area contributed by atoms with Gasteiger partial charge < -0.3 is 4.98 Å². The SMILES string of the molecule is C=C(N=Nc1c2[nH]c3c(nc-2c2ccccc12)=NCN=3)c1ccccc1C. The average molecular weight is 352 g/mol. The molecule has 1 N–H and O–H groups in total. The van der Waals surface area contributed by atoms with Gasteiger partial charge in [-0.2, -0.15) is 5.11 Å². The Morgan fingerprint density at radius 1 is 1.04 bits per heavy atom. The molecule has 130 valence electrons. The van der Waals surface area contributed by atoms with Crippen LogP contribution in [0.2, 0.25) is 0 Å². The van der Waals surface area contributed by atoms with Gasteiger partial charge in [0.15, 0.2) is 11.0 Å². The van der Waals surface area contributed by atoms with Gasteiger partial charge in [-0.05, 0) is 12.5 Å². The zero-order valence-corrected chi connectivity index (χ0v) is 14.8. The number of azo groups is 1. The van der Waals surface area contributed by atoms with Gasteiger partial charge in [-0.1, -0.05) is 55.1 Å². The van der Waals surface area contributed by atoms with Crippen molar-refractivity contribution in [1.29, 1.82) is 0 Å². The van der Waals surface area contributed by atoms with E-state index < -0.39 is 0 Å². The zero-order valence-electron chi connectivity index (χ0n) is 14.8. The Morgan fingerprint density at radius 2 is 1.81 bits per heavy atom. The summed E-state index contributed by atoms with van der Waals surface area (Å²) < 4.78 is 0. The topological polar surface area (TPSA) is 78.1 Å². The van der Waals surface area contributed by atoms with Crippen molar-refractivity contribution in [2.24, 2.45) is 20.2 Å². The number of aromatic nitrogens is 2. The van der Waals surface area contributed by atoms with Crippen LogP contribution >= 0.6 is 0 Å². The van der Waals surface area contributed by atoms with E-state index in [1.807, 2.05) is 55.5 Å². The standard InChI is InChI=1S/C21H16N6/c1-12-7-3-4-8-14(12)13(2)26-27-18-16-10-6-5-9-15(16)17-19(18)25-21-20(24-17)22-11-23-21/h3-10H,2,11H2,1H3,(H,23,25). The molecule has 0 fully saturated rings. The van der Waals surface area contributed by atoms with Gasteiger partial charge in [0.25, 0.3) is 0 Å². The van der Waals surface area contributed by atoms with Gasteiger partial charge in [0.2, 0.25) is 0 Å². The molecule has 2 aromatic rings. The fourth-order valence-electron chi connectivity index (χ4n) is 3.40. The molecule has 0 radical (unpaired) electrons. The zero-order chi connectivity index (χ0) is 18.4. The van der Waals surface area contributed by atoms with E-state index in [-0.39, 0.29) is 0 Å². The number of nitrogens with zero attached hydrogens (tertiary/aromatic N) is 5. The minimum atomic E-state index is 0.407. The fraction of sp³-hybridized carbons (Fsp3) is 0.0952. The minimum Gasteiger partial charge on any atom is -0.334 e. The molecule has 1 aliphatic carbocycles. The highest BCUT2D eigenvalue weighted by Gasteiger charge is 2.21. The fourth-order valence-corrected chi connectivity index (χ4v) is 3.40. The molecule has 0 atom stereocenters. The monoisotopic (exact) mass is 352 g/mol. The molecule has 0 saturated heterocycles. The van der Waals surface area contributed by atoms with Crippen LogP contribution in [-0.4, -0.2) is 16.6 Å². The Kier molecular flexibility index (Phi) is 3.43. The highest BCUT2D eigenvalue weighted by atomic mass is 15.1. The lowest BCUT2D eigenvalue weighted by molar-refractivity contribution is 1.04. The summed E-state index contributed by atoms with van der Waals surface area (Å²) in [4.78, 5) is 16.7. The van der Waals surface area contributed by atoms with Gasteiger partial charge >= 0.3 is 0 Å². The highest BCUT2D eigenvalue weighted by molar-refractivity contribution is 6.09. The van der Waals surface area contributed by atoms with Crippen molar-refractivity contribution in [3.8, 4) is 11.4 Å². The number of fused-ring (bicyclic) bond motifs is 4. The third-order valence-corrected chi connectivity index (χ3v) is 4.76. The molecule has 2 heterocycles. The quantitative estimate of drug-likeness (QED) is 0.557. The molecule has 0 saturated carbocycles. The Morgan fingerprint density at radius 3 is 2.67 bits per heavy atom. The lowest BCUT2D eigenvalue weighted by atomic mass is 10.1. The van der Waals surface area contributed by atoms with Crippen LogP contribution in [0.1, 0.15) is 11.1 Å². The predicted molar refractivity (Wildman–Crippen MR) is 105 cm³/mol. The number of aryl methyl sites for hydroxylation is 1. The van der Waals surface area contributed by atoms with Crippen molar-refractivity contribution in [3.63, 3.8) is 0 Å². The molecule has 3 aliphatic rings. The number of aromatic amines is 1. The van der Waals surface area contributed by atoms with Gasteiger partial charge in [-0.25, -0.2) is 15.0 Å². The van der Waals surface area contributed by atoms with Crippen molar-refractivity contribution >= 4 is 22.2 Å². The molecule has 2 aliphatic heterocycles. The van der Waals surface area contributed by atoms with E-state index in [2.05, 4.69) is 36.8 Å². The number of rotatable bonds is 3. The Balaban J connectivity index is 1.70. The molecule has 27 heavy (non-hydrogen) atoms. The molecule has 0 amide bonds. The average Bonchev–Trinajstić information content (AvgIpc) is 3.27. The number of benzene rings is 2. The lowest BCUT2D eigenvalue weighted by Gasteiger charge is -2.03. The molecular formula is C21H16N6. The van der Waals surface area contributed by atoms with Gasteiger partial charge in [-0.15, -0.1) is 5.11 Å². The van der Waals surface area contributed by atoms with Crippen molar-refractivity contribution in [1.82, 2.24) is 9.97 Å². The van der Waals surface area contributed by atoms with Crippen LogP contribution in [0.25, 0.3) is 27.9 Å². The van der Waals surface area contributed by atoms with Crippen LogP contribution in [0.5, 0.6) is 0 Å². The Bertz CT molecular complexity index is 1330. The first-order valence-electron chi connectivity index (χ1n) is 8.68. The Labute approximate surface area is 155 Å². The van der Waals surface area contributed by atoms with E-state index in [0.717, 1.165) is 39.0 Å². The molecule has 2 aromatic carbocycles. The van der Waals surface area contributed by atoms with Gasteiger partial charge in [0.05, 0.1) is 17.1 Å². The summed E-state index contributed by atoms with van der Waals surface area (Å²) in [6.45, 7) is 6.53. The van der Waals surface area contributed by atoms with Gasteiger partial charge in [0.1, 0.15) is 12.4 Å². The summed E-state index contributed by atoms with van der Waals surface area (Å²) >= 11 is 0. The summed E-state index contributed by atoms with van der Waals surface area (Å²) in [6, 6.07) is 16.0. The summed E-state index contributed by atoms with van der Waals surface area (Å²) in [6.07, 6.45) is 0. The van der Waals surface area contributed by atoms with Crippen molar-refractivity contribution in [2.75, 3.05) is 6.67 Å². The number of hydrogen-bond acceptors (Lipinski definition) is 5. The second-order valence-electron chi connectivity index (χ2n) is 6.45. The molecule has 6 nitrogen and oxygen atoms in total. The molecule has 0 bridgehead atoms. The van der Waals surface area contributed by atoms with E-state index >= 15 is 0 Å². The molecule has 0 spiro atoms. The summed E-state index contributed by atoms with van der Waals surface area (Å²) in [7, 11) is 0. The maximum atomic E-state index is 4.69. The normalized spacial score (nSPS) is 13.1. The van der Waals surface area contributed by atoms with Crippen LogP contribution in [0, 0.1) is 6.92 Å². The first-order chi connectivity index (χ1) is 13.2. The van der Waals surface area contributed by atoms with E-state index in [9.17, 15) is 0 Å². The molecular weight excluding hydrogens is 336 g/mol. The highest BCUT2D eigenvalue weighted by Crippen LogP contribution is 2.41. The summed E-state index contributed by atoms with van der Waals surface area (Å²) in [5.41, 5.74) is 6.45. The number of H-pyrrole nitrogens is 1. The maximum Gasteiger partial charge on any atom is 0.193 e. The van der Waals surface area contributed by atoms with Crippen molar-refractivity contribution in [2.45, 2.75) is 6.92 Å². The van der Waals surface area contributed by atoms with Gasteiger partial charge in [-0.3, -0.25) is 0 Å². The third kappa shape index (κ3) is 2.45. The number of hydrogen-bond donors (Lipinski definition) is 1. The van der Waals surface area contributed by atoms with Crippen LogP contribution in [0.15, 0.2) is 75.3 Å². The molecule has 6 heteroatoms. The molecule has 5 rings (SSSR count). The molecule has 0 unspecified atom stereocenters. The van der Waals surface area contributed by atoms with Crippen LogP contribution in [-0.2, 0) is 0 Å². The first kappa shape index (κ1) is 15.6. The summed E-state index contributed by atoms with van der Waals surface area (Å²) in [5, 5.41) is 11.0. The van der Waals surface area contributed by atoms with E-state index in [0.29, 0.717) is 23.3 Å². The lowest BCUT2D eigenvalue weighted by Crippen LogP contribution is -2.30. The van der Waals surface area contributed by atoms with Gasteiger partial charge in [0, 0.05) is 16.3 Å². The summed E-state index contributed by atoms with van der Waals surface area (Å²) in [5.74, 6) is 0. The second-order valence-corrected chi connectivity index (χ2v) is 6.45. The molecule has 0 aromatic heterocycles. The predicted octanol–water partition coefficient (Wildman–Crippen LogP) is 3.94. The maximum absolute atomic E-state index is 4.69. The number of nitrogens with one attached hydrogen (secondary N) is 1. The van der Waals surface area contributed by atoms with Crippen LogP contribution < -0.4 is 11.0 Å². The first-order valence-corrected chi connectivity index (χ1v) is 8.68.